The van der Waals surface area contributed by atoms with E-state index >= 15 is 4.39 Å². The van der Waals surface area contributed by atoms with Crippen molar-refractivity contribution in [2.75, 3.05) is 42.6 Å². The lowest BCUT2D eigenvalue weighted by atomic mass is 9.73. The van der Waals surface area contributed by atoms with Crippen LogP contribution in [0.1, 0.15) is 87.3 Å². The van der Waals surface area contributed by atoms with Crippen LogP contribution in [0, 0.1) is 17.1 Å². The summed E-state index contributed by atoms with van der Waals surface area (Å²) in [6, 6.07) is 10.3. The van der Waals surface area contributed by atoms with Gasteiger partial charge in [0.1, 0.15) is 23.1 Å². The van der Waals surface area contributed by atoms with Gasteiger partial charge >= 0.3 is 6.18 Å². The number of carbonyl (C=O) groups excluding carboxylic acids is 6. The predicted octanol–water partition coefficient (Wildman–Crippen LogP) is 4.28. The van der Waals surface area contributed by atoms with E-state index < -0.39 is 75.6 Å². The molecule has 3 aromatic rings. The van der Waals surface area contributed by atoms with E-state index in [0.717, 1.165) is 27.5 Å². The molecule has 6 aliphatic rings. The molecule has 19 heteroatoms. The van der Waals surface area contributed by atoms with Crippen molar-refractivity contribution in [3.63, 3.8) is 0 Å². The summed E-state index contributed by atoms with van der Waals surface area (Å²) in [4.78, 5) is 85.1. The van der Waals surface area contributed by atoms with E-state index in [1.807, 2.05) is 0 Å². The average Bonchev–Trinajstić information content (AvgIpc) is 3.72. The van der Waals surface area contributed by atoms with E-state index in [4.69, 9.17) is 17.0 Å². The molecule has 6 amide bonds. The SMILES string of the molecule is CC1(C)C(=O)N(c2ccc(C#N)c(C(F)(F)F)c2)C(=S)N1c1ccc(C(=O)N2CC(N3CCC4(CC3)COc3cc5c(cc34)C(=O)N(C3CCC(=O)NC3=O)C5=O)C2)c(F)c1. The van der Waals surface area contributed by atoms with Gasteiger partial charge < -0.3 is 14.5 Å². The fraction of sp³-hybridized carbons (Fsp3) is 0.381. The van der Waals surface area contributed by atoms with Crippen LogP contribution in [0.2, 0.25) is 0 Å². The third kappa shape index (κ3) is 6.17. The number of nitrogens with one attached hydrogen (secondary N) is 1. The summed E-state index contributed by atoms with van der Waals surface area (Å²) in [6.07, 6.45) is -3.47. The van der Waals surface area contributed by atoms with Gasteiger partial charge in [0.05, 0.1) is 46.2 Å². The fourth-order valence-electron chi connectivity index (χ4n) is 9.35. The Morgan fingerprint density at radius 1 is 0.951 bits per heavy atom. The summed E-state index contributed by atoms with van der Waals surface area (Å²) in [5.41, 5.74) is -2.86. The number of anilines is 2. The standard InChI is InChI=1S/C42H35F4N7O7S/c1-40(2)38(59)51(22-4-3-21(17-47)28(13-22)42(44,45)46)39(61)53(40)23-5-6-25(30(43)14-23)35(56)50-18-24(19-50)49-11-9-41(10-12-49)20-60-32-16-27-26(15-29(32)41)36(57)52(37(27)58)31-7-8-33(54)48-34(31)55/h3-6,13-16,24,31H,7-12,18-20H2,1-2H3,(H,48,54,55). The third-order valence-corrected chi connectivity index (χ3v) is 13.2. The zero-order chi connectivity index (χ0) is 43.5. The third-order valence-electron chi connectivity index (χ3n) is 12.8. The number of nitrogens with zero attached hydrogens (tertiary/aromatic N) is 6. The molecule has 14 nitrogen and oxygen atoms in total. The van der Waals surface area contributed by atoms with Crippen LogP contribution in [-0.2, 0) is 26.0 Å². The average molecular weight is 858 g/mol. The second-order valence-electron chi connectivity index (χ2n) is 16.6. The topological polar surface area (TPSA) is 164 Å². The van der Waals surface area contributed by atoms with Gasteiger partial charge in [-0.05, 0) is 107 Å². The van der Waals surface area contributed by atoms with Crippen LogP contribution in [0.4, 0.5) is 28.9 Å². The molecule has 9 rings (SSSR count). The van der Waals surface area contributed by atoms with Crippen molar-refractivity contribution < 1.29 is 51.1 Å². The molecule has 4 saturated heterocycles. The molecule has 1 unspecified atom stereocenters. The summed E-state index contributed by atoms with van der Waals surface area (Å²) < 4.78 is 63.1. The van der Waals surface area contributed by atoms with Gasteiger partial charge in [0.2, 0.25) is 11.8 Å². The monoisotopic (exact) mass is 857 g/mol. The van der Waals surface area contributed by atoms with Crippen LogP contribution < -0.4 is 19.9 Å². The van der Waals surface area contributed by atoms with E-state index in [0.29, 0.717) is 57.4 Å². The van der Waals surface area contributed by atoms with E-state index in [1.54, 1.807) is 12.1 Å². The van der Waals surface area contributed by atoms with Gasteiger partial charge in [-0.2, -0.15) is 18.4 Å². The number of hydrogen-bond acceptors (Lipinski definition) is 10. The maximum absolute atomic E-state index is 15.8. The summed E-state index contributed by atoms with van der Waals surface area (Å²) in [7, 11) is 0. The van der Waals surface area contributed by atoms with Gasteiger partial charge in [0, 0.05) is 42.2 Å². The number of ether oxygens (including phenoxy) is 1. The molecule has 0 radical (unpaired) electrons. The minimum Gasteiger partial charge on any atom is -0.492 e. The number of amides is 6. The molecule has 1 N–H and O–H groups in total. The first kappa shape index (κ1) is 40.2. The number of halogens is 4. The number of thiocarbonyl (C=S) groups is 1. The number of rotatable bonds is 5. The lowest BCUT2D eigenvalue weighted by Gasteiger charge is -2.49. The molecule has 0 saturated carbocycles. The Balaban J connectivity index is 0.842. The number of hydrogen-bond donors (Lipinski definition) is 1. The second-order valence-corrected chi connectivity index (χ2v) is 17.0. The molecule has 6 heterocycles. The number of imide groups is 2. The van der Waals surface area contributed by atoms with E-state index in [2.05, 4.69) is 10.2 Å². The summed E-state index contributed by atoms with van der Waals surface area (Å²) >= 11 is 5.56. The Kier molecular flexibility index (Phi) is 9.14. The normalized spacial score (nSPS) is 22.3. The van der Waals surface area contributed by atoms with Gasteiger partial charge in [0.15, 0.2) is 5.11 Å². The highest BCUT2D eigenvalue weighted by atomic mass is 32.1. The molecule has 1 spiro atoms. The Bertz CT molecular complexity index is 2580. The van der Waals surface area contributed by atoms with Crippen LogP contribution in [0.25, 0.3) is 0 Å². The Morgan fingerprint density at radius 3 is 2.26 bits per heavy atom. The van der Waals surface area contributed by atoms with Gasteiger partial charge in [-0.3, -0.25) is 48.8 Å². The first-order valence-electron chi connectivity index (χ1n) is 19.5. The minimum absolute atomic E-state index is 0.00609. The summed E-state index contributed by atoms with van der Waals surface area (Å²) in [5, 5.41) is 11.2. The molecule has 61 heavy (non-hydrogen) atoms. The van der Waals surface area contributed by atoms with Crippen molar-refractivity contribution in [3.05, 3.63) is 87.7 Å². The van der Waals surface area contributed by atoms with Gasteiger partial charge in [0.25, 0.3) is 23.6 Å². The number of nitriles is 1. The summed E-state index contributed by atoms with van der Waals surface area (Å²) in [5.74, 6) is -3.91. The first-order chi connectivity index (χ1) is 28.8. The molecule has 0 aromatic heterocycles. The van der Waals surface area contributed by atoms with E-state index in [9.17, 15) is 47.2 Å². The van der Waals surface area contributed by atoms with Crippen molar-refractivity contribution in [1.82, 2.24) is 20.0 Å². The quantitative estimate of drug-likeness (QED) is 0.221. The van der Waals surface area contributed by atoms with E-state index in [1.165, 1.54) is 47.9 Å². The van der Waals surface area contributed by atoms with Crippen molar-refractivity contribution in [2.24, 2.45) is 0 Å². The van der Waals surface area contributed by atoms with Crippen molar-refractivity contribution in [2.45, 2.75) is 68.7 Å². The van der Waals surface area contributed by atoms with Gasteiger partial charge in [-0.25, -0.2) is 4.39 Å². The van der Waals surface area contributed by atoms with Gasteiger partial charge in [-0.15, -0.1) is 0 Å². The lowest BCUT2D eigenvalue weighted by molar-refractivity contribution is -0.138. The second kappa shape index (κ2) is 13.9. The molecule has 0 aliphatic carbocycles. The van der Waals surface area contributed by atoms with Crippen molar-refractivity contribution >= 4 is 64.1 Å². The van der Waals surface area contributed by atoms with Crippen LogP contribution >= 0.6 is 12.2 Å². The van der Waals surface area contributed by atoms with Crippen LogP contribution in [0.3, 0.4) is 0 Å². The number of piperidine rings is 2. The van der Waals surface area contributed by atoms with E-state index in [-0.39, 0.29) is 52.1 Å². The zero-order valence-electron chi connectivity index (χ0n) is 32.6. The van der Waals surface area contributed by atoms with Crippen molar-refractivity contribution in [1.29, 1.82) is 5.26 Å². The number of carbonyl (C=O) groups is 6. The molecule has 1 atom stereocenters. The number of likely N-dealkylation sites (tertiary alicyclic amines) is 2. The highest BCUT2D eigenvalue weighted by molar-refractivity contribution is 7.81. The zero-order valence-corrected chi connectivity index (χ0v) is 33.4. The first-order valence-corrected chi connectivity index (χ1v) is 19.9. The number of fused-ring (bicyclic) bond motifs is 3. The smallest absolute Gasteiger partial charge is 0.417 e. The Morgan fingerprint density at radius 2 is 1.62 bits per heavy atom. The minimum atomic E-state index is -4.88. The highest BCUT2D eigenvalue weighted by Gasteiger charge is 2.52. The van der Waals surface area contributed by atoms with Crippen LogP contribution in [0.15, 0.2) is 48.5 Å². The Labute approximate surface area is 350 Å². The molecular formula is C42H35F4N7O7S. The fourth-order valence-corrected chi connectivity index (χ4v) is 9.88. The van der Waals surface area contributed by atoms with Crippen LogP contribution in [-0.4, -0.2) is 106 Å². The maximum Gasteiger partial charge on any atom is 0.417 e. The summed E-state index contributed by atoms with van der Waals surface area (Å²) in [6.45, 7) is 5.32. The van der Waals surface area contributed by atoms with Gasteiger partial charge in [-0.1, -0.05) is 0 Å². The largest absolute Gasteiger partial charge is 0.492 e. The van der Waals surface area contributed by atoms with Crippen molar-refractivity contribution in [3.8, 4) is 11.8 Å². The molecule has 314 valence electrons. The maximum atomic E-state index is 15.8. The Hall–Kier alpha value is -6.26. The number of alkyl halides is 3. The molecule has 4 fully saturated rings. The molecule has 6 aliphatic heterocycles. The highest BCUT2D eigenvalue weighted by Crippen LogP contribution is 2.48. The molecular weight excluding hydrogens is 823 g/mol. The van der Waals surface area contributed by atoms with Crippen LogP contribution in [0.5, 0.6) is 5.75 Å². The molecule has 3 aromatic carbocycles. The lowest BCUT2D eigenvalue weighted by Crippen LogP contribution is -2.63. The predicted molar refractivity (Wildman–Crippen MR) is 210 cm³/mol. The number of benzene rings is 3. The molecule has 0 bridgehead atoms.